The van der Waals surface area contributed by atoms with Gasteiger partial charge in [-0.05, 0) is 35.0 Å². The van der Waals surface area contributed by atoms with Gasteiger partial charge in [0.25, 0.3) is 0 Å². The van der Waals surface area contributed by atoms with E-state index in [9.17, 15) is 0 Å². The fourth-order valence-corrected chi connectivity index (χ4v) is 4.08. The zero-order valence-electron chi connectivity index (χ0n) is 17.7. The molecule has 2 aliphatic rings. The molecule has 9 heteroatoms. The van der Waals surface area contributed by atoms with Crippen LogP contribution < -0.4 is 20.4 Å². The van der Waals surface area contributed by atoms with Crippen molar-refractivity contribution in [2.24, 2.45) is 0 Å². The molecular weight excluding hydrogens is 422 g/mol. The number of morpholine rings is 1. The van der Waals surface area contributed by atoms with E-state index < -0.39 is 0 Å². The molecule has 3 aromatic rings. The van der Waals surface area contributed by atoms with Gasteiger partial charge in [-0.25, -0.2) is 0 Å². The lowest BCUT2D eigenvalue weighted by Gasteiger charge is -2.29. The van der Waals surface area contributed by atoms with Crippen LogP contribution in [0.1, 0.15) is 16.7 Å². The molecule has 1 fully saturated rings. The molecule has 5 rings (SSSR count). The molecular formula is C23H25N7OS. The lowest BCUT2D eigenvalue weighted by Crippen LogP contribution is -2.37. The van der Waals surface area contributed by atoms with Gasteiger partial charge in [0.2, 0.25) is 5.95 Å². The minimum atomic E-state index is 0.476. The van der Waals surface area contributed by atoms with Crippen LogP contribution in [0.5, 0.6) is 0 Å². The van der Waals surface area contributed by atoms with Crippen molar-refractivity contribution in [2.75, 3.05) is 41.4 Å². The molecule has 32 heavy (non-hydrogen) atoms. The van der Waals surface area contributed by atoms with Crippen molar-refractivity contribution in [1.82, 2.24) is 20.3 Å². The van der Waals surface area contributed by atoms with Gasteiger partial charge < -0.3 is 25.2 Å². The Labute approximate surface area is 192 Å². The maximum absolute atomic E-state index is 5.52. The molecule has 2 aromatic heterocycles. The number of pyridine rings is 1. The standard InChI is InChI=1S/C23H25N7OS/c32-23(25-14-17-4-3-7-24-13-17)28-22-26-20(29-8-10-31-11-9-29)12-21(27-22)30-15-18-5-1-2-6-19(18)16-30/h1-7,12-13H,8-11,14-16H2,(H2,25,26,27,28,32). The fraction of sp³-hybridized carbons (Fsp3) is 0.304. The number of thiocarbonyl (C=S) groups is 1. The van der Waals surface area contributed by atoms with Crippen molar-refractivity contribution in [3.8, 4) is 0 Å². The highest BCUT2D eigenvalue weighted by atomic mass is 32.1. The molecule has 0 bridgehead atoms. The molecule has 1 saturated heterocycles. The van der Waals surface area contributed by atoms with Crippen molar-refractivity contribution in [3.05, 3.63) is 71.5 Å². The summed E-state index contributed by atoms with van der Waals surface area (Å²) in [5, 5.41) is 6.85. The van der Waals surface area contributed by atoms with Gasteiger partial charge >= 0.3 is 0 Å². The summed E-state index contributed by atoms with van der Waals surface area (Å²) >= 11 is 5.50. The molecule has 2 aliphatic heterocycles. The number of rotatable bonds is 5. The van der Waals surface area contributed by atoms with E-state index in [1.165, 1.54) is 11.1 Å². The molecule has 0 atom stereocenters. The van der Waals surface area contributed by atoms with Gasteiger partial charge in [0.15, 0.2) is 5.11 Å². The van der Waals surface area contributed by atoms with E-state index in [0.717, 1.165) is 43.4 Å². The summed E-state index contributed by atoms with van der Waals surface area (Å²) in [5.41, 5.74) is 3.72. The summed E-state index contributed by atoms with van der Waals surface area (Å²) in [6, 6.07) is 14.5. The lowest BCUT2D eigenvalue weighted by atomic mass is 10.1. The molecule has 0 radical (unpaired) electrons. The topological polar surface area (TPSA) is 78.4 Å². The normalized spacial score (nSPS) is 15.4. The highest BCUT2D eigenvalue weighted by Gasteiger charge is 2.23. The number of benzene rings is 1. The Kier molecular flexibility index (Phi) is 6.09. The maximum Gasteiger partial charge on any atom is 0.232 e. The number of fused-ring (bicyclic) bond motifs is 1. The Morgan fingerprint density at radius 1 is 0.969 bits per heavy atom. The first kappa shape index (κ1) is 20.6. The SMILES string of the molecule is S=C(NCc1cccnc1)Nc1nc(N2CCOCC2)cc(N2Cc3ccccc3C2)n1. The molecule has 0 amide bonds. The van der Waals surface area contributed by atoms with Crippen molar-refractivity contribution in [1.29, 1.82) is 0 Å². The van der Waals surface area contributed by atoms with Crippen molar-refractivity contribution < 1.29 is 4.74 Å². The molecule has 0 aliphatic carbocycles. The fourth-order valence-electron chi connectivity index (χ4n) is 3.92. The van der Waals surface area contributed by atoms with Gasteiger partial charge in [-0.3, -0.25) is 4.98 Å². The van der Waals surface area contributed by atoms with E-state index in [-0.39, 0.29) is 0 Å². The third-order valence-electron chi connectivity index (χ3n) is 5.60. The van der Waals surface area contributed by atoms with Crippen molar-refractivity contribution in [3.63, 3.8) is 0 Å². The highest BCUT2D eigenvalue weighted by molar-refractivity contribution is 7.80. The molecule has 0 unspecified atom stereocenters. The van der Waals surface area contributed by atoms with E-state index in [2.05, 4.69) is 55.7 Å². The van der Waals surface area contributed by atoms with Crippen molar-refractivity contribution in [2.45, 2.75) is 19.6 Å². The van der Waals surface area contributed by atoms with Gasteiger partial charge in [-0.15, -0.1) is 0 Å². The number of aromatic nitrogens is 3. The number of anilines is 3. The minimum absolute atomic E-state index is 0.476. The number of hydrogen-bond acceptors (Lipinski definition) is 7. The average molecular weight is 448 g/mol. The second-order valence-electron chi connectivity index (χ2n) is 7.80. The highest BCUT2D eigenvalue weighted by Crippen LogP contribution is 2.29. The Bertz CT molecular complexity index is 1060. The van der Waals surface area contributed by atoms with Gasteiger partial charge in [0.1, 0.15) is 11.6 Å². The number of nitrogens with one attached hydrogen (secondary N) is 2. The first-order valence-electron chi connectivity index (χ1n) is 10.7. The van der Waals surface area contributed by atoms with Crippen LogP contribution in [-0.2, 0) is 24.4 Å². The summed E-state index contributed by atoms with van der Waals surface area (Å²) in [6.07, 6.45) is 3.57. The van der Waals surface area contributed by atoms with Crippen LogP contribution in [0.25, 0.3) is 0 Å². The monoisotopic (exact) mass is 447 g/mol. The average Bonchev–Trinajstić information content (AvgIpc) is 3.28. The van der Waals surface area contributed by atoms with Crippen LogP contribution in [0.2, 0.25) is 0 Å². The summed E-state index contributed by atoms with van der Waals surface area (Å²) < 4.78 is 5.52. The Hall–Kier alpha value is -3.30. The summed E-state index contributed by atoms with van der Waals surface area (Å²) in [7, 11) is 0. The van der Waals surface area contributed by atoms with Crippen LogP contribution in [0.3, 0.4) is 0 Å². The van der Waals surface area contributed by atoms with Crippen molar-refractivity contribution >= 4 is 34.9 Å². The van der Waals surface area contributed by atoms with Crippen LogP contribution >= 0.6 is 12.2 Å². The van der Waals surface area contributed by atoms with Gasteiger partial charge in [-0.2, -0.15) is 9.97 Å². The van der Waals surface area contributed by atoms with E-state index in [1.54, 1.807) is 6.20 Å². The Balaban J connectivity index is 1.35. The number of hydrogen-bond donors (Lipinski definition) is 2. The minimum Gasteiger partial charge on any atom is -0.378 e. The summed E-state index contributed by atoms with van der Waals surface area (Å²) in [5.74, 6) is 2.26. The van der Waals surface area contributed by atoms with E-state index >= 15 is 0 Å². The molecule has 8 nitrogen and oxygen atoms in total. The first-order chi connectivity index (χ1) is 15.7. The molecule has 1 aromatic carbocycles. The van der Waals surface area contributed by atoms with Crippen LogP contribution in [0, 0.1) is 0 Å². The zero-order chi connectivity index (χ0) is 21.8. The molecule has 0 spiro atoms. The molecule has 2 N–H and O–H groups in total. The van der Waals surface area contributed by atoms with Crippen LogP contribution in [0.15, 0.2) is 54.9 Å². The predicted molar refractivity (Wildman–Crippen MR) is 129 cm³/mol. The first-order valence-corrected chi connectivity index (χ1v) is 11.1. The lowest BCUT2D eigenvalue weighted by molar-refractivity contribution is 0.122. The smallest absolute Gasteiger partial charge is 0.232 e. The van der Waals surface area contributed by atoms with E-state index in [1.807, 2.05) is 18.3 Å². The second-order valence-corrected chi connectivity index (χ2v) is 8.21. The number of nitrogens with zero attached hydrogens (tertiary/aromatic N) is 5. The molecule has 4 heterocycles. The predicted octanol–water partition coefficient (Wildman–Crippen LogP) is 2.72. The largest absolute Gasteiger partial charge is 0.378 e. The van der Waals surface area contributed by atoms with Crippen LogP contribution in [0.4, 0.5) is 17.6 Å². The van der Waals surface area contributed by atoms with Gasteiger partial charge in [-0.1, -0.05) is 30.3 Å². The van der Waals surface area contributed by atoms with Gasteiger partial charge in [0.05, 0.1) is 13.2 Å². The van der Waals surface area contributed by atoms with Gasteiger partial charge in [0, 0.05) is 51.2 Å². The molecule has 0 saturated carbocycles. The summed E-state index contributed by atoms with van der Waals surface area (Å²) in [4.78, 5) is 18.2. The quantitative estimate of drug-likeness (QED) is 0.574. The van der Waals surface area contributed by atoms with Crippen LogP contribution in [-0.4, -0.2) is 46.4 Å². The van der Waals surface area contributed by atoms with E-state index in [4.69, 9.17) is 26.9 Å². The number of ether oxygens (including phenoxy) is 1. The third-order valence-corrected chi connectivity index (χ3v) is 5.85. The van der Waals surface area contributed by atoms with E-state index in [0.29, 0.717) is 30.8 Å². The Morgan fingerprint density at radius 3 is 2.38 bits per heavy atom. The molecule has 164 valence electrons. The summed E-state index contributed by atoms with van der Waals surface area (Å²) in [6.45, 7) is 5.25. The third kappa shape index (κ3) is 4.79. The maximum atomic E-state index is 5.52. The second kappa shape index (κ2) is 9.46. The Morgan fingerprint density at radius 2 is 1.69 bits per heavy atom. The zero-order valence-corrected chi connectivity index (χ0v) is 18.5.